The first-order valence-corrected chi connectivity index (χ1v) is 6.12. The Hall–Kier alpha value is -0.810. The molecule has 0 aliphatic carbocycles. The van der Waals surface area contributed by atoms with E-state index in [0.29, 0.717) is 11.7 Å². The molecule has 0 amide bonds. The lowest BCUT2D eigenvalue weighted by atomic mass is 9.99. The summed E-state index contributed by atoms with van der Waals surface area (Å²) >= 11 is 1.63. The molecule has 0 saturated carbocycles. The molecule has 2 heterocycles. The Morgan fingerprint density at radius 3 is 3.27 bits per heavy atom. The molecule has 0 aromatic carbocycles. The molecule has 1 saturated heterocycles. The molecular weight excluding hydrogens is 210 g/mol. The van der Waals surface area contributed by atoms with Gasteiger partial charge in [0.25, 0.3) is 0 Å². The highest BCUT2D eigenvalue weighted by Crippen LogP contribution is 2.26. The molecule has 1 aromatic rings. The normalized spacial score (nSPS) is 21.9. The first-order valence-electron chi connectivity index (χ1n) is 5.24. The Bertz CT molecular complexity index is 313. The highest BCUT2D eigenvalue weighted by atomic mass is 32.1. The number of methoxy groups -OCH3 is 1. The van der Waals surface area contributed by atoms with Crippen LogP contribution in [0.5, 0.6) is 0 Å². The number of rotatable bonds is 3. The number of ether oxygens (including phenoxy) is 1. The van der Waals surface area contributed by atoms with Crippen LogP contribution in [-0.2, 0) is 4.74 Å². The zero-order valence-corrected chi connectivity index (χ0v) is 9.80. The van der Waals surface area contributed by atoms with Crippen molar-refractivity contribution >= 4 is 22.3 Å². The number of hydrogen-bond donors (Lipinski definition) is 1. The molecule has 0 unspecified atom stereocenters. The van der Waals surface area contributed by atoms with Crippen molar-refractivity contribution in [2.24, 2.45) is 5.92 Å². The van der Waals surface area contributed by atoms with Gasteiger partial charge in [0.15, 0.2) is 5.13 Å². The van der Waals surface area contributed by atoms with Gasteiger partial charge in [0, 0.05) is 25.6 Å². The van der Waals surface area contributed by atoms with E-state index in [-0.39, 0.29) is 0 Å². The van der Waals surface area contributed by atoms with Gasteiger partial charge in [-0.3, -0.25) is 0 Å². The van der Waals surface area contributed by atoms with Crippen LogP contribution in [-0.4, -0.2) is 31.8 Å². The topological polar surface area (TPSA) is 51.4 Å². The number of nitrogen functional groups attached to an aromatic ring is 1. The van der Waals surface area contributed by atoms with Crippen molar-refractivity contribution in [1.29, 1.82) is 0 Å². The van der Waals surface area contributed by atoms with E-state index in [1.54, 1.807) is 18.4 Å². The van der Waals surface area contributed by atoms with Gasteiger partial charge >= 0.3 is 0 Å². The average molecular weight is 227 g/mol. The number of aromatic nitrogens is 1. The lowest BCUT2D eigenvalue weighted by molar-refractivity contribution is 0.143. The van der Waals surface area contributed by atoms with E-state index in [2.05, 4.69) is 9.88 Å². The van der Waals surface area contributed by atoms with Crippen molar-refractivity contribution in [1.82, 2.24) is 4.98 Å². The van der Waals surface area contributed by atoms with Crippen molar-refractivity contribution in [2.45, 2.75) is 12.8 Å². The van der Waals surface area contributed by atoms with E-state index >= 15 is 0 Å². The first-order chi connectivity index (χ1) is 7.29. The second-order valence-electron chi connectivity index (χ2n) is 3.96. The van der Waals surface area contributed by atoms with Gasteiger partial charge in [-0.1, -0.05) is 0 Å². The zero-order valence-electron chi connectivity index (χ0n) is 8.98. The van der Waals surface area contributed by atoms with Gasteiger partial charge in [0.2, 0.25) is 0 Å². The van der Waals surface area contributed by atoms with Crippen LogP contribution in [0.1, 0.15) is 12.8 Å². The largest absolute Gasteiger partial charge is 0.384 e. The van der Waals surface area contributed by atoms with E-state index < -0.39 is 0 Å². The minimum atomic E-state index is 0.629. The van der Waals surface area contributed by atoms with Crippen LogP contribution in [0.2, 0.25) is 0 Å². The minimum absolute atomic E-state index is 0.629. The van der Waals surface area contributed by atoms with E-state index in [9.17, 15) is 0 Å². The lowest BCUT2D eigenvalue weighted by Crippen LogP contribution is -2.37. The molecule has 1 aliphatic heterocycles. The Morgan fingerprint density at radius 2 is 2.60 bits per heavy atom. The Morgan fingerprint density at radius 1 is 1.73 bits per heavy atom. The molecule has 1 aliphatic rings. The SMILES string of the molecule is COC[C@H]1CCCN(c2nc(N)cs2)C1. The number of hydrogen-bond acceptors (Lipinski definition) is 5. The van der Waals surface area contributed by atoms with E-state index in [4.69, 9.17) is 10.5 Å². The lowest BCUT2D eigenvalue weighted by Gasteiger charge is -2.32. The predicted octanol–water partition coefficient (Wildman–Crippen LogP) is 1.59. The molecule has 15 heavy (non-hydrogen) atoms. The van der Waals surface area contributed by atoms with Crippen LogP contribution >= 0.6 is 11.3 Å². The third-order valence-electron chi connectivity index (χ3n) is 2.70. The summed E-state index contributed by atoms with van der Waals surface area (Å²) in [6.45, 7) is 2.98. The Labute approximate surface area is 94.1 Å². The summed E-state index contributed by atoms with van der Waals surface area (Å²) in [4.78, 5) is 6.62. The second-order valence-corrected chi connectivity index (χ2v) is 4.80. The molecule has 5 heteroatoms. The predicted molar refractivity (Wildman–Crippen MR) is 63.3 cm³/mol. The van der Waals surface area contributed by atoms with Gasteiger partial charge in [0.1, 0.15) is 5.82 Å². The van der Waals surface area contributed by atoms with Gasteiger partial charge in [-0.05, 0) is 18.8 Å². The smallest absolute Gasteiger partial charge is 0.187 e. The highest BCUT2D eigenvalue weighted by molar-refractivity contribution is 7.14. The Kier molecular flexibility index (Phi) is 3.43. The number of thiazole rings is 1. The fraction of sp³-hybridized carbons (Fsp3) is 0.700. The van der Waals surface area contributed by atoms with Crippen LogP contribution in [0.4, 0.5) is 10.9 Å². The fourth-order valence-corrected chi connectivity index (χ4v) is 2.78. The quantitative estimate of drug-likeness (QED) is 0.852. The third-order valence-corrected chi connectivity index (χ3v) is 3.62. The van der Waals surface area contributed by atoms with Crippen molar-refractivity contribution in [2.75, 3.05) is 37.4 Å². The monoisotopic (exact) mass is 227 g/mol. The van der Waals surface area contributed by atoms with Gasteiger partial charge in [-0.25, -0.2) is 4.98 Å². The molecule has 1 atom stereocenters. The fourth-order valence-electron chi connectivity index (χ4n) is 2.03. The van der Waals surface area contributed by atoms with Gasteiger partial charge < -0.3 is 15.4 Å². The van der Waals surface area contributed by atoms with Gasteiger partial charge in [-0.2, -0.15) is 0 Å². The molecule has 0 bridgehead atoms. The maximum Gasteiger partial charge on any atom is 0.187 e. The highest BCUT2D eigenvalue weighted by Gasteiger charge is 2.21. The molecule has 1 fully saturated rings. The summed E-state index contributed by atoms with van der Waals surface area (Å²) in [5.41, 5.74) is 5.63. The van der Waals surface area contributed by atoms with Crippen LogP contribution in [0.15, 0.2) is 5.38 Å². The molecule has 0 radical (unpaired) electrons. The van der Waals surface area contributed by atoms with Crippen molar-refractivity contribution < 1.29 is 4.74 Å². The maximum absolute atomic E-state index is 5.63. The number of nitrogens with two attached hydrogens (primary N) is 1. The second kappa shape index (κ2) is 4.81. The first kappa shape index (κ1) is 10.7. The van der Waals surface area contributed by atoms with Crippen molar-refractivity contribution in [3.05, 3.63) is 5.38 Å². The molecular formula is C10H17N3OS. The summed E-state index contributed by atoms with van der Waals surface area (Å²) in [5.74, 6) is 1.26. The minimum Gasteiger partial charge on any atom is -0.384 e. The van der Waals surface area contributed by atoms with E-state index in [1.165, 1.54) is 12.8 Å². The zero-order chi connectivity index (χ0) is 10.7. The summed E-state index contributed by atoms with van der Waals surface area (Å²) in [6, 6.07) is 0. The molecule has 84 valence electrons. The van der Waals surface area contributed by atoms with Gasteiger partial charge in [0.05, 0.1) is 6.61 Å². The molecule has 4 nitrogen and oxygen atoms in total. The number of nitrogens with zero attached hydrogens (tertiary/aromatic N) is 2. The molecule has 0 spiro atoms. The van der Waals surface area contributed by atoms with Crippen molar-refractivity contribution in [3.8, 4) is 0 Å². The van der Waals surface area contributed by atoms with E-state index in [1.807, 2.05) is 5.38 Å². The van der Waals surface area contributed by atoms with Crippen molar-refractivity contribution in [3.63, 3.8) is 0 Å². The van der Waals surface area contributed by atoms with E-state index in [0.717, 1.165) is 24.8 Å². The number of piperidine rings is 1. The average Bonchev–Trinajstić information content (AvgIpc) is 2.66. The van der Waals surface area contributed by atoms with Gasteiger partial charge in [-0.15, -0.1) is 11.3 Å². The standard InChI is InChI=1S/C10H17N3OS/c1-14-6-8-3-2-4-13(5-8)10-12-9(11)7-15-10/h7-8H,2-6,11H2,1H3/t8-/m0/s1. The molecule has 2 N–H and O–H groups in total. The number of anilines is 2. The van der Waals surface area contributed by atoms with Crippen LogP contribution < -0.4 is 10.6 Å². The summed E-state index contributed by atoms with van der Waals surface area (Å²) in [5, 5.41) is 2.95. The third kappa shape index (κ3) is 2.60. The van der Waals surface area contributed by atoms with Crippen LogP contribution in [0.3, 0.4) is 0 Å². The molecule has 1 aromatic heterocycles. The molecule has 2 rings (SSSR count). The summed E-state index contributed by atoms with van der Waals surface area (Å²) in [7, 11) is 1.76. The van der Waals surface area contributed by atoms with Crippen LogP contribution in [0, 0.1) is 5.92 Å². The summed E-state index contributed by atoms with van der Waals surface area (Å²) < 4.78 is 5.20. The van der Waals surface area contributed by atoms with Crippen LogP contribution in [0.25, 0.3) is 0 Å². The Balaban J connectivity index is 1.98. The maximum atomic E-state index is 5.63. The summed E-state index contributed by atoms with van der Waals surface area (Å²) in [6.07, 6.45) is 2.47.